The van der Waals surface area contributed by atoms with Crippen molar-refractivity contribution in [3.05, 3.63) is 11.5 Å². The molecular weight excluding hydrogens is 148 g/mol. The summed E-state index contributed by atoms with van der Waals surface area (Å²) in [5.41, 5.74) is 0. The van der Waals surface area contributed by atoms with Crippen LogP contribution >= 0.6 is 0 Å². The lowest BCUT2D eigenvalue weighted by atomic mass is 9.80. The molecule has 4 heteroatoms. The Hall–Kier alpha value is -1.03. The summed E-state index contributed by atoms with van der Waals surface area (Å²) in [4.78, 5) is 10.8. The van der Waals surface area contributed by atoms with Crippen LogP contribution < -0.4 is 0 Å². The van der Waals surface area contributed by atoms with Gasteiger partial charge in [-0.2, -0.15) is 0 Å². The molecule has 1 unspecified atom stereocenters. The Morgan fingerprint density at radius 3 is 2.82 bits per heavy atom. The highest BCUT2D eigenvalue weighted by Crippen LogP contribution is 2.40. The molecule has 11 heavy (non-hydrogen) atoms. The number of aliphatic hydroxyl groups is 2. The normalized spacial score (nSPS) is 34.8. The van der Waals surface area contributed by atoms with E-state index >= 15 is 0 Å². The number of carbonyl (C=O) groups is 1. The van der Waals surface area contributed by atoms with E-state index in [0.717, 1.165) is 0 Å². The van der Waals surface area contributed by atoms with E-state index in [-0.39, 0.29) is 29.8 Å². The van der Waals surface area contributed by atoms with Crippen LogP contribution in [-0.4, -0.2) is 28.7 Å². The molecular formula is C7H8O4. The number of hydrogen-bond donors (Lipinski definition) is 2. The lowest BCUT2D eigenvalue weighted by Crippen LogP contribution is -2.41. The number of ether oxygens (including phenoxy) is 1. The summed E-state index contributed by atoms with van der Waals surface area (Å²) in [7, 11) is 0. The zero-order valence-corrected chi connectivity index (χ0v) is 5.78. The summed E-state index contributed by atoms with van der Waals surface area (Å²) in [6.07, 6.45) is -0.155. The molecule has 0 aromatic rings. The molecule has 2 N–H and O–H groups in total. The van der Waals surface area contributed by atoms with Crippen LogP contribution in [-0.2, 0) is 9.53 Å². The van der Waals surface area contributed by atoms with Gasteiger partial charge in [-0.15, -0.1) is 0 Å². The van der Waals surface area contributed by atoms with Crippen molar-refractivity contribution in [1.29, 1.82) is 0 Å². The number of carbonyl (C=O) groups excluding carboxylic acids is 1. The monoisotopic (exact) mass is 156 g/mol. The summed E-state index contributed by atoms with van der Waals surface area (Å²) >= 11 is 0. The first-order valence-corrected chi connectivity index (χ1v) is 3.46. The van der Waals surface area contributed by atoms with Crippen molar-refractivity contribution in [2.45, 2.75) is 12.5 Å². The molecule has 0 bridgehead atoms. The van der Waals surface area contributed by atoms with Gasteiger partial charge in [0.15, 0.2) is 17.6 Å². The lowest BCUT2D eigenvalue weighted by Gasteiger charge is -2.26. The topological polar surface area (TPSA) is 66.8 Å². The molecule has 0 radical (unpaired) electrons. The van der Waals surface area contributed by atoms with Gasteiger partial charge in [-0.1, -0.05) is 0 Å². The largest absolute Gasteiger partial charge is 0.508 e. The van der Waals surface area contributed by atoms with Gasteiger partial charge in [-0.05, 0) is 0 Å². The number of rotatable bonds is 1. The summed E-state index contributed by atoms with van der Waals surface area (Å²) in [5.74, 6) is 0.0394. The van der Waals surface area contributed by atoms with Crippen LogP contribution in [0.2, 0.25) is 0 Å². The molecule has 60 valence electrons. The fourth-order valence-corrected chi connectivity index (χ4v) is 1.43. The maximum absolute atomic E-state index is 10.8. The highest BCUT2D eigenvalue weighted by Gasteiger charge is 2.50. The van der Waals surface area contributed by atoms with E-state index in [0.29, 0.717) is 6.42 Å². The first-order chi connectivity index (χ1) is 5.24. The maximum Gasteiger partial charge on any atom is 0.174 e. The summed E-state index contributed by atoms with van der Waals surface area (Å²) in [5, 5.41) is 17.9. The summed E-state index contributed by atoms with van der Waals surface area (Å²) in [6.45, 7) is -0.327. The van der Waals surface area contributed by atoms with Gasteiger partial charge in [-0.3, -0.25) is 4.79 Å². The third-order valence-corrected chi connectivity index (χ3v) is 2.15. The van der Waals surface area contributed by atoms with Gasteiger partial charge >= 0.3 is 0 Å². The Morgan fingerprint density at radius 2 is 2.36 bits per heavy atom. The lowest BCUT2D eigenvalue weighted by molar-refractivity contribution is -0.139. The van der Waals surface area contributed by atoms with Gasteiger partial charge in [0.2, 0.25) is 0 Å². The van der Waals surface area contributed by atoms with Gasteiger partial charge < -0.3 is 14.9 Å². The molecule has 0 saturated heterocycles. The van der Waals surface area contributed by atoms with Crippen LogP contribution in [0.1, 0.15) is 6.42 Å². The number of ketones is 1. The fraction of sp³-hybridized carbons (Fsp3) is 0.571. The molecule has 0 aromatic carbocycles. The predicted molar refractivity (Wildman–Crippen MR) is 34.7 cm³/mol. The van der Waals surface area contributed by atoms with Crippen molar-refractivity contribution < 1.29 is 19.7 Å². The van der Waals surface area contributed by atoms with E-state index in [1.807, 2.05) is 0 Å². The molecule has 0 spiro atoms. The molecule has 4 nitrogen and oxygen atoms in total. The Bertz CT molecular complexity index is 243. The molecule has 1 heterocycles. The average molecular weight is 156 g/mol. The SMILES string of the molecule is O=C1CC2C(O)=C(CO)O[C@@H]12. The van der Waals surface area contributed by atoms with Gasteiger partial charge in [0.1, 0.15) is 12.4 Å². The van der Waals surface area contributed by atoms with Crippen molar-refractivity contribution >= 4 is 5.78 Å². The molecule has 0 aromatic heterocycles. The zero-order chi connectivity index (χ0) is 8.01. The number of fused-ring (bicyclic) bond motifs is 1. The van der Waals surface area contributed by atoms with Crippen LogP contribution in [0.4, 0.5) is 0 Å². The third-order valence-electron chi connectivity index (χ3n) is 2.15. The minimum absolute atomic E-state index is 0.00463. The second-order valence-corrected chi connectivity index (χ2v) is 2.78. The summed E-state index contributed by atoms with van der Waals surface area (Å²) < 4.78 is 4.96. The molecule has 2 aliphatic rings. The van der Waals surface area contributed by atoms with Crippen molar-refractivity contribution in [3.63, 3.8) is 0 Å². The van der Waals surface area contributed by atoms with Gasteiger partial charge in [0.25, 0.3) is 0 Å². The molecule has 1 saturated carbocycles. The molecule has 1 aliphatic heterocycles. The fourth-order valence-electron chi connectivity index (χ4n) is 1.43. The Labute approximate surface area is 63.1 Å². The van der Waals surface area contributed by atoms with Gasteiger partial charge in [0.05, 0.1) is 5.92 Å². The molecule has 2 rings (SSSR count). The standard InChI is InChI=1S/C7H8O4/c8-2-5-6(10)3-1-4(9)7(3)11-5/h3,7-8,10H,1-2H2/t3?,7-/m1/s1. The second kappa shape index (κ2) is 1.98. The first-order valence-electron chi connectivity index (χ1n) is 3.46. The Morgan fingerprint density at radius 1 is 1.64 bits per heavy atom. The minimum Gasteiger partial charge on any atom is -0.508 e. The van der Waals surface area contributed by atoms with Gasteiger partial charge in [-0.25, -0.2) is 0 Å². The quantitative estimate of drug-likeness (QED) is 0.548. The van der Waals surface area contributed by atoms with Crippen LogP contribution in [0.5, 0.6) is 0 Å². The van der Waals surface area contributed by atoms with E-state index in [2.05, 4.69) is 0 Å². The minimum atomic E-state index is -0.503. The van der Waals surface area contributed by atoms with Crippen molar-refractivity contribution in [2.24, 2.45) is 5.92 Å². The number of hydrogen-bond acceptors (Lipinski definition) is 4. The van der Waals surface area contributed by atoms with E-state index in [1.54, 1.807) is 0 Å². The zero-order valence-electron chi connectivity index (χ0n) is 5.78. The van der Waals surface area contributed by atoms with Crippen LogP contribution in [0.3, 0.4) is 0 Å². The van der Waals surface area contributed by atoms with Crippen molar-refractivity contribution in [2.75, 3.05) is 6.61 Å². The van der Waals surface area contributed by atoms with E-state index in [1.165, 1.54) is 0 Å². The van der Waals surface area contributed by atoms with E-state index < -0.39 is 6.10 Å². The van der Waals surface area contributed by atoms with E-state index in [4.69, 9.17) is 9.84 Å². The molecule has 0 amide bonds. The van der Waals surface area contributed by atoms with Crippen molar-refractivity contribution in [1.82, 2.24) is 0 Å². The highest BCUT2D eigenvalue weighted by atomic mass is 16.5. The van der Waals surface area contributed by atoms with Gasteiger partial charge in [0, 0.05) is 6.42 Å². The average Bonchev–Trinajstić information content (AvgIpc) is 2.24. The highest BCUT2D eigenvalue weighted by molar-refractivity contribution is 5.91. The third kappa shape index (κ3) is 0.699. The second-order valence-electron chi connectivity index (χ2n) is 2.78. The van der Waals surface area contributed by atoms with Crippen LogP contribution in [0.15, 0.2) is 11.5 Å². The smallest absolute Gasteiger partial charge is 0.174 e. The Kier molecular flexibility index (Phi) is 1.20. The first kappa shape index (κ1) is 6.67. The molecule has 2 atom stereocenters. The number of Topliss-reactive ketones (excluding diaryl/α,β-unsaturated/α-hetero) is 1. The predicted octanol–water partition coefficient (Wildman–Crippen LogP) is -0.264. The summed E-state index contributed by atoms with van der Waals surface area (Å²) in [6, 6.07) is 0. The maximum atomic E-state index is 10.8. The molecule has 1 fully saturated rings. The van der Waals surface area contributed by atoms with Crippen LogP contribution in [0, 0.1) is 5.92 Å². The number of aliphatic hydroxyl groups excluding tert-OH is 2. The van der Waals surface area contributed by atoms with E-state index in [9.17, 15) is 9.90 Å². The van der Waals surface area contributed by atoms with Crippen molar-refractivity contribution in [3.8, 4) is 0 Å². The Balaban J connectivity index is 2.20. The molecule has 1 aliphatic carbocycles. The van der Waals surface area contributed by atoms with Crippen LogP contribution in [0.25, 0.3) is 0 Å².